The Morgan fingerprint density at radius 2 is 2.24 bits per heavy atom. The summed E-state index contributed by atoms with van der Waals surface area (Å²) in [5.74, 6) is 0. The molecule has 0 atom stereocenters. The molecule has 0 radical (unpaired) electrons. The molecule has 0 aliphatic carbocycles. The third-order valence-electron chi connectivity index (χ3n) is 2.92. The molecule has 4 heteroatoms. The first-order valence-corrected chi connectivity index (χ1v) is 6.48. The SMILES string of the molecule is CC(C)N(C)CCCNCc1ccncc1Cl. The van der Waals surface area contributed by atoms with Crippen LogP contribution in [-0.2, 0) is 6.54 Å². The van der Waals surface area contributed by atoms with Gasteiger partial charge in [0, 0.05) is 25.0 Å². The summed E-state index contributed by atoms with van der Waals surface area (Å²) in [4.78, 5) is 6.31. The van der Waals surface area contributed by atoms with Gasteiger partial charge < -0.3 is 10.2 Å². The predicted octanol–water partition coefficient (Wildman–Crippen LogP) is 2.55. The fourth-order valence-electron chi connectivity index (χ4n) is 1.48. The fourth-order valence-corrected chi connectivity index (χ4v) is 1.67. The molecular formula is C13H22ClN3. The lowest BCUT2D eigenvalue weighted by molar-refractivity contribution is 0.269. The van der Waals surface area contributed by atoms with Gasteiger partial charge in [-0.3, -0.25) is 4.98 Å². The Balaban J connectivity index is 2.15. The number of hydrogen-bond acceptors (Lipinski definition) is 3. The zero-order chi connectivity index (χ0) is 12.7. The van der Waals surface area contributed by atoms with Crippen molar-refractivity contribution in [2.24, 2.45) is 0 Å². The molecule has 0 spiro atoms. The molecule has 96 valence electrons. The summed E-state index contributed by atoms with van der Waals surface area (Å²) in [5, 5.41) is 4.13. The van der Waals surface area contributed by atoms with Gasteiger partial charge in [0.25, 0.3) is 0 Å². The molecule has 1 rings (SSSR count). The van der Waals surface area contributed by atoms with Gasteiger partial charge in [-0.05, 0) is 52.0 Å². The van der Waals surface area contributed by atoms with Crippen LogP contribution >= 0.6 is 11.6 Å². The van der Waals surface area contributed by atoms with Gasteiger partial charge in [0.1, 0.15) is 0 Å². The number of halogens is 1. The molecule has 0 saturated carbocycles. The molecule has 1 N–H and O–H groups in total. The van der Waals surface area contributed by atoms with Crippen LogP contribution in [0, 0.1) is 0 Å². The highest BCUT2D eigenvalue weighted by Crippen LogP contribution is 2.12. The Labute approximate surface area is 109 Å². The van der Waals surface area contributed by atoms with E-state index in [1.807, 2.05) is 6.07 Å². The maximum Gasteiger partial charge on any atom is 0.0634 e. The molecule has 1 aromatic heterocycles. The summed E-state index contributed by atoms with van der Waals surface area (Å²) in [6.45, 7) is 7.37. The van der Waals surface area contributed by atoms with Gasteiger partial charge >= 0.3 is 0 Å². The van der Waals surface area contributed by atoms with Crippen LogP contribution in [0.15, 0.2) is 18.5 Å². The second-order valence-electron chi connectivity index (χ2n) is 4.57. The Hall–Kier alpha value is -0.640. The topological polar surface area (TPSA) is 28.2 Å². The van der Waals surface area contributed by atoms with E-state index in [9.17, 15) is 0 Å². The maximum atomic E-state index is 6.02. The minimum absolute atomic E-state index is 0.615. The van der Waals surface area contributed by atoms with Crippen LogP contribution in [0.2, 0.25) is 5.02 Å². The maximum absolute atomic E-state index is 6.02. The first kappa shape index (κ1) is 14.4. The van der Waals surface area contributed by atoms with E-state index < -0.39 is 0 Å². The van der Waals surface area contributed by atoms with Gasteiger partial charge in [-0.15, -0.1) is 0 Å². The minimum atomic E-state index is 0.615. The number of hydrogen-bond donors (Lipinski definition) is 1. The molecule has 0 aromatic carbocycles. The number of pyridine rings is 1. The van der Waals surface area contributed by atoms with Gasteiger partial charge in [-0.1, -0.05) is 11.6 Å². The van der Waals surface area contributed by atoms with Crippen LogP contribution < -0.4 is 5.32 Å². The molecule has 1 aromatic rings. The number of aromatic nitrogens is 1. The molecule has 0 aliphatic rings. The molecule has 0 amide bonds. The van der Waals surface area contributed by atoms with Crippen LogP contribution in [-0.4, -0.2) is 36.1 Å². The summed E-state index contributed by atoms with van der Waals surface area (Å²) in [6.07, 6.45) is 4.61. The summed E-state index contributed by atoms with van der Waals surface area (Å²) in [5.41, 5.74) is 1.11. The quantitative estimate of drug-likeness (QED) is 0.759. The van der Waals surface area contributed by atoms with Crippen LogP contribution in [0.3, 0.4) is 0 Å². The van der Waals surface area contributed by atoms with Crippen molar-refractivity contribution >= 4 is 11.6 Å². The van der Waals surface area contributed by atoms with Gasteiger partial charge in [0.05, 0.1) is 5.02 Å². The van der Waals surface area contributed by atoms with Crippen LogP contribution in [0.4, 0.5) is 0 Å². The molecular weight excluding hydrogens is 234 g/mol. The summed E-state index contributed by atoms with van der Waals surface area (Å²) < 4.78 is 0. The fraction of sp³-hybridized carbons (Fsp3) is 0.615. The molecule has 0 aliphatic heterocycles. The second kappa shape index (κ2) is 7.64. The number of nitrogens with one attached hydrogen (secondary N) is 1. The third-order valence-corrected chi connectivity index (χ3v) is 3.26. The van der Waals surface area contributed by atoms with Crippen LogP contribution in [0.1, 0.15) is 25.8 Å². The average Bonchev–Trinajstić information content (AvgIpc) is 2.30. The van der Waals surface area contributed by atoms with Crippen molar-refractivity contribution in [2.75, 3.05) is 20.1 Å². The standard InChI is InChI=1S/C13H22ClN3/c1-11(2)17(3)8-4-6-15-9-12-5-7-16-10-13(12)14/h5,7,10-11,15H,4,6,8-9H2,1-3H3. The molecule has 0 saturated heterocycles. The highest BCUT2D eigenvalue weighted by Gasteiger charge is 2.02. The summed E-state index contributed by atoms with van der Waals surface area (Å²) >= 11 is 6.02. The van der Waals surface area contributed by atoms with Crippen LogP contribution in [0.5, 0.6) is 0 Å². The normalized spacial score (nSPS) is 11.4. The number of nitrogens with zero attached hydrogens (tertiary/aromatic N) is 2. The Morgan fingerprint density at radius 1 is 1.47 bits per heavy atom. The highest BCUT2D eigenvalue weighted by atomic mass is 35.5. The Kier molecular flexibility index (Phi) is 6.48. The first-order valence-electron chi connectivity index (χ1n) is 6.10. The average molecular weight is 256 g/mol. The van der Waals surface area contributed by atoms with Crippen LogP contribution in [0.25, 0.3) is 0 Å². The monoisotopic (exact) mass is 255 g/mol. The van der Waals surface area contributed by atoms with Crippen molar-refractivity contribution in [1.29, 1.82) is 0 Å². The lowest BCUT2D eigenvalue weighted by Crippen LogP contribution is -2.29. The molecule has 17 heavy (non-hydrogen) atoms. The zero-order valence-electron chi connectivity index (χ0n) is 10.9. The first-order chi connectivity index (χ1) is 8.11. The second-order valence-corrected chi connectivity index (χ2v) is 4.98. The lowest BCUT2D eigenvalue weighted by Gasteiger charge is -2.20. The predicted molar refractivity (Wildman–Crippen MR) is 73.3 cm³/mol. The van der Waals surface area contributed by atoms with E-state index in [4.69, 9.17) is 11.6 Å². The zero-order valence-corrected chi connectivity index (χ0v) is 11.7. The minimum Gasteiger partial charge on any atom is -0.313 e. The van der Waals surface area contributed by atoms with Gasteiger partial charge in [-0.25, -0.2) is 0 Å². The molecule has 0 unspecified atom stereocenters. The summed E-state index contributed by atoms with van der Waals surface area (Å²) in [6, 6.07) is 2.57. The highest BCUT2D eigenvalue weighted by molar-refractivity contribution is 6.31. The van der Waals surface area contributed by atoms with E-state index in [2.05, 4.69) is 36.1 Å². The van der Waals surface area contributed by atoms with Crippen molar-refractivity contribution in [3.8, 4) is 0 Å². The van der Waals surface area contributed by atoms with Gasteiger partial charge in [0.15, 0.2) is 0 Å². The Morgan fingerprint density at radius 3 is 2.88 bits per heavy atom. The van der Waals surface area contributed by atoms with E-state index >= 15 is 0 Å². The third kappa shape index (κ3) is 5.48. The van der Waals surface area contributed by atoms with Crippen molar-refractivity contribution in [3.63, 3.8) is 0 Å². The molecule has 0 fully saturated rings. The van der Waals surface area contributed by atoms with Gasteiger partial charge in [0.2, 0.25) is 0 Å². The van der Waals surface area contributed by atoms with Gasteiger partial charge in [-0.2, -0.15) is 0 Å². The van der Waals surface area contributed by atoms with Crippen molar-refractivity contribution in [2.45, 2.75) is 32.9 Å². The molecule has 1 heterocycles. The van der Waals surface area contributed by atoms with E-state index in [-0.39, 0.29) is 0 Å². The Bertz CT molecular complexity index is 328. The smallest absolute Gasteiger partial charge is 0.0634 e. The van der Waals surface area contributed by atoms with E-state index in [0.717, 1.165) is 36.6 Å². The largest absolute Gasteiger partial charge is 0.313 e. The summed E-state index contributed by atoms with van der Waals surface area (Å²) in [7, 11) is 2.16. The van der Waals surface area contributed by atoms with Crippen molar-refractivity contribution < 1.29 is 0 Å². The van der Waals surface area contributed by atoms with Crippen molar-refractivity contribution in [3.05, 3.63) is 29.0 Å². The molecule has 3 nitrogen and oxygen atoms in total. The van der Waals surface area contributed by atoms with Crippen molar-refractivity contribution in [1.82, 2.24) is 15.2 Å². The lowest BCUT2D eigenvalue weighted by atomic mass is 10.2. The van der Waals surface area contributed by atoms with E-state index in [0.29, 0.717) is 6.04 Å². The number of rotatable bonds is 7. The molecule has 0 bridgehead atoms. The van der Waals surface area contributed by atoms with E-state index in [1.165, 1.54) is 0 Å². The van der Waals surface area contributed by atoms with E-state index in [1.54, 1.807) is 12.4 Å².